The van der Waals surface area contributed by atoms with Gasteiger partial charge in [0.25, 0.3) is 0 Å². The van der Waals surface area contributed by atoms with Crippen LogP contribution in [0.5, 0.6) is 0 Å². The van der Waals surface area contributed by atoms with Crippen molar-refractivity contribution in [2.45, 2.75) is 6.42 Å². The molecule has 2 aromatic rings. The zero-order chi connectivity index (χ0) is 17.1. The molecule has 7 heteroatoms. The molecule has 124 valence electrons. The molecule has 7 nitrogen and oxygen atoms in total. The molecule has 24 heavy (non-hydrogen) atoms. The molecule has 0 unspecified atom stereocenters. The first-order valence-corrected chi connectivity index (χ1v) is 7.73. The van der Waals surface area contributed by atoms with Crippen molar-refractivity contribution in [1.29, 1.82) is 0 Å². The van der Waals surface area contributed by atoms with Gasteiger partial charge in [0.2, 0.25) is 11.8 Å². The number of hydrogen-bond acceptors (Lipinski definition) is 4. The third-order valence-electron chi connectivity index (χ3n) is 4.07. The van der Waals surface area contributed by atoms with E-state index in [9.17, 15) is 9.59 Å². The minimum absolute atomic E-state index is 0.0691. The summed E-state index contributed by atoms with van der Waals surface area (Å²) in [5.74, 6) is 0.729. The molecule has 0 radical (unpaired) electrons. The molecule has 0 atom stereocenters. The number of amides is 2. The maximum Gasteiger partial charge on any atom is 0.245 e. The van der Waals surface area contributed by atoms with Gasteiger partial charge in [0, 0.05) is 38.0 Å². The number of aryl methyl sites for hydroxylation is 1. The summed E-state index contributed by atoms with van der Waals surface area (Å²) in [6, 6.07) is 7.50. The molecule has 2 amide bonds. The molecule has 0 spiro atoms. The number of benzene rings is 1. The number of aromatic nitrogens is 3. The number of carbonyl (C=O) groups excluding carboxylic acids is 2. The fourth-order valence-electron chi connectivity index (χ4n) is 2.79. The van der Waals surface area contributed by atoms with Crippen LogP contribution in [0.2, 0.25) is 0 Å². The first-order valence-electron chi connectivity index (χ1n) is 7.73. The first kappa shape index (κ1) is 15.9. The van der Waals surface area contributed by atoms with E-state index in [1.165, 1.54) is 6.08 Å². The Labute approximate surface area is 140 Å². The molecule has 1 N–H and O–H groups in total. The summed E-state index contributed by atoms with van der Waals surface area (Å²) in [7, 11) is 1.85. The summed E-state index contributed by atoms with van der Waals surface area (Å²) in [5, 5.41) is 10.9. The second-order valence-electron chi connectivity index (χ2n) is 5.88. The molecule has 3 rings (SSSR count). The SMILES string of the molecule is C=CC(=O)N1CC(CC(=O)Nc2ccccc2-c2nncn2C)C1. The second-order valence-corrected chi connectivity index (χ2v) is 5.88. The third-order valence-corrected chi connectivity index (χ3v) is 4.07. The van der Waals surface area contributed by atoms with Crippen LogP contribution in [0.15, 0.2) is 43.2 Å². The van der Waals surface area contributed by atoms with E-state index in [-0.39, 0.29) is 17.7 Å². The van der Waals surface area contributed by atoms with Gasteiger partial charge in [-0.25, -0.2) is 0 Å². The Bertz CT molecular complexity index is 777. The van der Waals surface area contributed by atoms with Crippen molar-refractivity contribution in [3.63, 3.8) is 0 Å². The summed E-state index contributed by atoms with van der Waals surface area (Å²) in [5.41, 5.74) is 1.53. The predicted molar refractivity (Wildman–Crippen MR) is 90.0 cm³/mol. The zero-order valence-electron chi connectivity index (χ0n) is 13.5. The van der Waals surface area contributed by atoms with E-state index in [1.54, 1.807) is 15.8 Å². The minimum atomic E-state index is -0.0840. The van der Waals surface area contributed by atoms with Crippen LogP contribution in [0.1, 0.15) is 6.42 Å². The normalized spacial score (nSPS) is 14.1. The van der Waals surface area contributed by atoms with Gasteiger partial charge in [-0.3, -0.25) is 9.59 Å². The zero-order valence-corrected chi connectivity index (χ0v) is 13.5. The molecule has 0 aliphatic carbocycles. The van der Waals surface area contributed by atoms with Crippen LogP contribution in [-0.4, -0.2) is 44.6 Å². The largest absolute Gasteiger partial charge is 0.338 e. The number of carbonyl (C=O) groups is 2. The van der Waals surface area contributed by atoms with Crippen LogP contribution >= 0.6 is 0 Å². The van der Waals surface area contributed by atoms with Crippen molar-refractivity contribution in [3.05, 3.63) is 43.2 Å². The maximum absolute atomic E-state index is 12.3. The molecule has 1 aliphatic rings. The lowest BCUT2D eigenvalue weighted by Gasteiger charge is -2.38. The monoisotopic (exact) mass is 325 g/mol. The Kier molecular flexibility index (Phi) is 4.41. The van der Waals surface area contributed by atoms with E-state index in [0.29, 0.717) is 31.0 Å². The lowest BCUT2D eigenvalue weighted by molar-refractivity contribution is -0.134. The van der Waals surface area contributed by atoms with E-state index in [0.717, 1.165) is 5.56 Å². The van der Waals surface area contributed by atoms with Crippen LogP contribution in [0.3, 0.4) is 0 Å². The van der Waals surface area contributed by atoms with Crippen molar-refractivity contribution >= 4 is 17.5 Å². The van der Waals surface area contributed by atoms with E-state index >= 15 is 0 Å². The van der Waals surface area contributed by atoms with Crippen molar-refractivity contribution < 1.29 is 9.59 Å². The summed E-state index contributed by atoms with van der Waals surface area (Å²) >= 11 is 0. The Hall–Kier alpha value is -2.96. The highest BCUT2D eigenvalue weighted by molar-refractivity contribution is 5.95. The summed E-state index contributed by atoms with van der Waals surface area (Å²) in [6.07, 6.45) is 3.30. The average Bonchev–Trinajstić information content (AvgIpc) is 2.96. The summed E-state index contributed by atoms with van der Waals surface area (Å²) in [4.78, 5) is 25.4. The molecular formula is C17H19N5O2. The van der Waals surface area contributed by atoms with Gasteiger partial charge in [0.1, 0.15) is 6.33 Å². The summed E-state index contributed by atoms with van der Waals surface area (Å²) < 4.78 is 1.80. The van der Waals surface area contributed by atoms with E-state index in [4.69, 9.17) is 0 Å². The minimum Gasteiger partial charge on any atom is -0.338 e. The standard InChI is InChI=1S/C17H19N5O2/c1-3-16(24)22-9-12(10-22)8-15(23)19-14-7-5-4-6-13(14)17-20-18-11-21(17)2/h3-7,11-12H,1,8-10H2,2H3,(H,19,23). The number of rotatable bonds is 5. The maximum atomic E-state index is 12.3. The molecule has 1 aliphatic heterocycles. The van der Waals surface area contributed by atoms with Crippen LogP contribution in [0, 0.1) is 5.92 Å². The van der Waals surface area contributed by atoms with Gasteiger partial charge in [-0.05, 0) is 18.2 Å². The fourth-order valence-corrected chi connectivity index (χ4v) is 2.79. The number of nitrogens with zero attached hydrogens (tertiary/aromatic N) is 4. The molecular weight excluding hydrogens is 306 g/mol. The number of likely N-dealkylation sites (tertiary alicyclic amines) is 1. The molecule has 0 saturated carbocycles. The molecule has 1 aromatic heterocycles. The van der Waals surface area contributed by atoms with Gasteiger partial charge in [0.15, 0.2) is 5.82 Å². The molecule has 1 aromatic carbocycles. The quantitative estimate of drug-likeness (QED) is 0.844. The lowest BCUT2D eigenvalue weighted by Crippen LogP contribution is -2.50. The highest BCUT2D eigenvalue weighted by Gasteiger charge is 2.30. The molecule has 2 heterocycles. The van der Waals surface area contributed by atoms with E-state index in [2.05, 4.69) is 22.1 Å². The number of para-hydroxylation sites is 1. The van der Waals surface area contributed by atoms with Crippen molar-refractivity contribution in [2.24, 2.45) is 13.0 Å². The van der Waals surface area contributed by atoms with Crippen molar-refractivity contribution in [2.75, 3.05) is 18.4 Å². The Balaban J connectivity index is 1.63. The van der Waals surface area contributed by atoms with Gasteiger partial charge in [-0.2, -0.15) is 0 Å². The van der Waals surface area contributed by atoms with E-state index in [1.807, 2.05) is 31.3 Å². The van der Waals surface area contributed by atoms with Crippen LogP contribution in [0.4, 0.5) is 5.69 Å². The Morgan fingerprint density at radius 3 is 2.79 bits per heavy atom. The highest BCUT2D eigenvalue weighted by Crippen LogP contribution is 2.26. The molecule has 0 bridgehead atoms. The van der Waals surface area contributed by atoms with Gasteiger partial charge in [0.05, 0.1) is 5.69 Å². The Morgan fingerprint density at radius 2 is 2.12 bits per heavy atom. The fraction of sp³-hybridized carbons (Fsp3) is 0.294. The topological polar surface area (TPSA) is 80.1 Å². The third kappa shape index (κ3) is 3.19. The average molecular weight is 325 g/mol. The molecule has 1 fully saturated rings. The number of anilines is 1. The van der Waals surface area contributed by atoms with Gasteiger partial charge < -0.3 is 14.8 Å². The van der Waals surface area contributed by atoms with Crippen molar-refractivity contribution in [1.82, 2.24) is 19.7 Å². The van der Waals surface area contributed by atoms with Crippen LogP contribution in [-0.2, 0) is 16.6 Å². The van der Waals surface area contributed by atoms with Gasteiger partial charge >= 0.3 is 0 Å². The van der Waals surface area contributed by atoms with Crippen LogP contribution in [0.25, 0.3) is 11.4 Å². The van der Waals surface area contributed by atoms with Crippen LogP contribution < -0.4 is 5.32 Å². The highest BCUT2D eigenvalue weighted by atomic mass is 16.2. The smallest absolute Gasteiger partial charge is 0.245 e. The molecule has 1 saturated heterocycles. The van der Waals surface area contributed by atoms with Crippen molar-refractivity contribution in [3.8, 4) is 11.4 Å². The predicted octanol–water partition coefficient (Wildman–Crippen LogP) is 1.46. The first-order chi connectivity index (χ1) is 11.6. The lowest BCUT2D eigenvalue weighted by atomic mass is 9.95. The second kappa shape index (κ2) is 6.66. The summed E-state index contributed by atoms with van der Waals surface area (Å²) in [6.45, 7) is 4.66. The van der Waals surface area contributed by atoms with Gasteiger partial charge in [-0.1, -0.05) is 18.7 Å². The number of hydrogen-bond donors (Lipinski definition) is 1. The Morgan fingerprint density at radius 1 is 1.38 bits per heavy atom. The number of nitrogens with one attached hydrogen (secondary N) is 1. The van der Waals surface area contributed by atoms with E-state index < -0.39 is 0 Å². The van der Waals surface area contributed by atoms with Gasteiger partial charge in [-0.15, -0.1) is 10.2 Å².